The van der Waals surface area contributed by atoms with E-state index in [-0.39, 0.29) is 17.9 Å². The molecule has 156 valence electrons. The maximum absolute atomic E-state index is 12.8. The highest BCUT2D eigenvalue weighted by atomic mass is 32.1. The summed E-state index contributed by atoms with van der Waals surface area (Å²) in [5, 5.41) is 3.98. The highest BCUT2D eigenvalue weighted by molar-refractivity contribution is 7.17. The van der Waals surface area contributed by atoms with E-state index in [4.69, 9.17) is 4.42 Å². The molecule has 1 saturated heterocycles. The Hall–Kier alpha value is -2.93. The molecule has 6 nitrogen and oxygen atoms in total. The summed E-state index contributed by atoms with van der Waals surface area (Å²) >= 11 is 1.43. The maximum atomic E-state index is 12.8. The van der Waals surface area contributed by atoms with Crippen LogP contribution in [0.4, 0.5) is 0 Å². The number of piperidine rings is 1. The van der Waals surface area contributed by atoms with Crippen molar-refractivity contribution in [3.63, 3.8) is 0 Å². The summed E-state index contributed by atoms with van der Waals surface area (Å²) in [4.78, 5) is 32.3. The molecule has 2 amide bonds. The minimum absolute atomic E-state index is 0.0481. The molecule has 2 aromatic heterocycles. The van der Waals surface area contributed by atoms with Crippen molar-refractivity contribution in [2.75, 3.05) is 13.1 Å². The van der Waals surface area contributed by atoms with E-state index < -0.39 is 0 Å². The molecule has 0 aliphatic carbocycles. The number of carbonyl (C=O) groups excluding carboxylic acids is 2. The minimum atomic E-state index is -0.0955. The number of amides is 2. The first-order chi connectivity index (χ1) is 14.5. The molecule has 3 aromatic rings. The standard InChI is InChI=1S/C23H25N3O3S/c1-3-16-6-8-17(9-7-16)22-24-15(2)20(30-22)21(27)25-18-10-12-26(13-11-18)23(28)19-5-4-14-29-19/h4-9,14,18H,3,10-13H2,1-2H3,(H,25,27). The van der Waals surface area contributed by atoms with Crippen LogP contribution in [0.3, 0.4) is 0 Å². The summed E-state index contributed by atoms with van der Waals surface area (Å²) < 4.78 is 5.20. The number of furan rings is 1. The van der Waals surface area contributed by atoms with Gasteiger partial charge < -0.3 is 14.6 Å². The van der Waals surface area contributed by atoms with Crippen LogP contribution < -0.4 is 5.32 Å². The summed E-state index contributed by atoms with van der Waals surface area (Å²) in [7, 11) is 0. The topological polar surface area (TPSA) is 75.4 Å². The van der Waals surface area contributed by atoms with Crippen LogP contribution in [-0.2, 0) is 6.42 Å². The Kier molecular flexibility index (Phi) is 5.99. The largest absolute Gasteiger partial charge is 0.459 e. The van der Waals surface area contributed by atoms with Crippen molar-refractivity contribution >= 4 is 23.2 Å². The highest BCUT2D eigenvalue weighted by Crippen LogP contribution is 2.28. The third-order valence-corrected chi connectivity index (χ3v) is 6.67. The lowest BCUT2D eigenvalue weighted by atomic mass is 10.0. The van der Waals surface area contributed by atoms with Crippen molar-refractivity contribution in [1.29, 1.82) is 0 Å². The van der Waals surface area contributed by atoms with Gasteiger partial charge in [0, 0.05) is 24.7 Å². The SMILES string of the molecule is CCc1ccc(-c2nc(C)c(C(=O)NC3CCN(C(=O)c4ccco4)CC3)s2)cc1. The summed E-state index contributed by atoms with van der Waals surface area (Å²) in [5.41, 5.74) is 3.06. The number of thiazole rings is 1. The fourth-order valence-corrected chi connectivity index (χ4v) is 4.62. The molecule has 4 rings (SSSR count). The molecule has 0 radical (unpaired) electrons. The van der Waals surface area contributed by atoms with Gasteiger partial charge >= 0.3 is 0 Å². The Bertz CT molecular complexity index is 1020. The Morgan fingerprint density at radius 3 is 2.57 bits per heavy atom. The number of aromatic nitrogens is 1. The van der Waals surface area contributed by atoms with Crippen molar-refractivity contribution in [2.24, 2.45) is 0 Å². The van der Waals surface area contributed by atoms with Crippen LogP contribution in [0.2, 0.25) is 0 Å². The molecule has 30 heavy (non-hydrogen) atoms. The maximum Gasteiger partial charge on any atom is 0.289 e. The van der Waals surface area contributed by atoms with E-state index in [1.165, 1.54) is 23.2 Å². The monoisotopic (exact) mass is 423 g/mol. The van der Waals surface area contributed by atoms with Gasteiger partial charge in [-0.3, -0.25) is 9.59 Å². The molecule has 1 aromatic carbocycles. The average molecular weight is 424 g/mol. The van der Waals surface area contributed by atoms with E-state index in [1.807, 2.05) is 6.92 Å². The second-order valence-electron chi connectivity index (χ2n) is 7.50. The number of likely N-dealkylation sites (tertiary alicyclic amines) is 1. The predicted octanol–water partition coefficient (Wildman–Crippen LogP) is 4.31. The number of carbonyl (C=O) groups is 2. The molecule has 1 N–H and O–H groups in total. The minimum Gasteiger partial charge on any atom is -0.459 e. The van der Waals surface area contributed by atoms with Gasteiger partial charge in [-0.1, -0.05) is 31.2 Å². The van der Waals surface area contributed by atoms with Gasteiger partial charge in [-0.25, -0.2) is 4.98 Å². The summed E-state index contributed by atoms with van der Waals surface area (Å²) in [5.74, 6) is 0.177. The van der Waals surface area contributed by atoms with Gasteiger partial charge in [0.15, 0.2) is 5.76 Å². The first kappa shape index (κ1) is 20.3. The zero-order valence-electron chi connectivity index (χ0n) is 17.2. The third-order valence-electron chi connectivity index (χ3n) is 5.46. The molecule has 7 heteroatoms. The van der Waals surface area contributed by atoms with Crippen molar-refractivity contribution < 1.29 is 14.0 Å². The second kappa shape index (κ2) is 8.83. The lowest BCUT2D eigenvalue weighted by Gasteiger charge is -2.31. The van der Waals surface area contributed by atoms with Crippen LogP contribution in [-0.4, -0.2) is 40.8 Å². The van der Waals surface area contributed by atoms with Crippen LogP contribution in [0, 0.1) is 6.92 Å². The molecule has 0 saturated carbocycles. The van der Waals surface area contributed by atoms with Crippen molar-refractivity contribution in [3.05, 3.63) is 64.6 Å². The van der Waals surface area contributed by atoms with E-state index in [9.17, 15) is 9.59 Å². The molecule has 0 unspecified atom stereocenters. The van der Waals surface area contributed by atoms with Gasteiger partial charge in [-0.15, -0.1) is 11.3 Å². The molecule has 0 atom stereocenters. The summed E-state index contributed by atoms with van der Waals surface area (Å²) in [6.45, 7) is 5.20. The average Bonchev–Trinajstić information content (AvgIpc) is 3.44. The molecule has 0 bridgehead atoms. The number of nitrogens with zero attached hydrogens (tertiary/aromatic N) is 2. The van der Waals surface area contributed by atoms with E-state index in [0.717, 1.165) is 35.5 Å². The lowest BCUT2D eigenvalue weighted by Crippen LogP contribution is -2.46. The van der Waals surface area contributed by atoms with Gasteiger partial charge in [0.1, 0.15) is 9.88 Å². The fourth-order valence-electron chi connectivity index (χ4n) is 3.65. The smallest absolute Gasteiger partial charge is 0.289 e. The van der Waals surface area contributed by atoms with Crippen LogP contribution in [0.5, 0.6) is 0 Å². The van der Waals surface area contributed by atoms with Gasteiger partial charge in [0.25, 0.3) is 11.8 Å². The number of hydrogen-bond donors (Lipinski definition) is 1. The molecule has 1 aliphatic rings. The Morgan fingerprint density at radius 1 is 1.20 bits per heavy atom. The predicted molar refractivity (Wildman–Crippen MR) is 117 cm³/mol. The van der Waals surface area contributed by atoms with E-state index >= 15 is 0 Å². The zero-order chi connectivity index (χ0) is 21.1. The third kappa shape index (κ3) is 4.31. The Balaban J connectivity index is 1.36. The van der Waals surface area contributed by atoms with Crippen molar-refractivity contribution in [1.82, 2.24) is 15.2 Å². The van der Waals surface area contributed by atoms with Gasteiger partial charge in [-0.2, -0.15) is 0 Å². The number of rotatable bonds is 5. The zero-order valence-corrected chi connectivity index (χ0v) is 18.0. The number of nitrogens with one attached hydrogen (secondary N) is 1. The molecular weight excluding hydrogens is 398 g/mol. The van der Waals surface area contributed by atoms with E-state index in [2.05, 4.69) is 41.5 Å². The molecule has 3 heterocycles. The van der Waals surface area contributed by atoms with Gasteiger partial charge in [0.2, 0.25) is 0 Å². The molecule has 0 spiro atoms. The molecule has 1 aliphatic heterocycles. The lowest BCUT2D eigenvalue weighted by molar-refractivity contribution is 0.0667. The normalized spacial score (nSPS) is 14.7. The number of hydrogen-bond acceptors (Lipinski definition) is 5. The highest BCUT2D eigenvalue weighted by Gasteiger charge is 2.27. The van der Waals surface area contributed by atoms with E-state index in [0.29, 0.717) is 23.7 Å². The van der Waals surface area contributed by atoms with Gasteiger partial charge in [-0.05, 0) is 43.9 Å². The first-order valence-electron chi connectivity index (χ1n) is 10.3. The summed E-state index contributed by atoms with van der Waals surface area (Å²) in [6, 6.07) is 11.8. The Morgan fingerprint density at radius 2 is 1.93 bits per heavy atom. The quantitative estimate of drug-likeness (QED) is 0.664. The van der Waals surface area contributed by atoms with Crippen LogP contribution >= 0.6 is 11.3 Å². The van der Waals surface area contributed by atoms with E-state index in [1.54, 1.807) is 17.0 Å². The van der Waals surface area contributed by atoms with Gasteiger partial charge in [0.05, 0.1) is 12.0 Å². The van der Waals surface area contributed by atoms with Crippen LogP contribution in [0.1, 0.15) is 51.2 Å². The molecular formula is C23H25N3O3S. The number of benzene rings is 1. The molecule has 1 fully saturated rings. The summed E-state index contributed by atoms with van der Waals surface area (Å²) in [6.07, 6.45) is 3.95. The van der Waals surface area contributed by atoms with Crippen LogP contribution in [0.25, 0.3) is 10.6 Å². The second-order valence-corrected chi connectivity index (χ2v) is 8.50. The Labute approximate surface area is 179 Å². The van der Waals surface area contributed by atoms with Crippen LogP contribution in [0.15, 0.2) is 47.1 Å². The first-order valence-corrected chi connectivity index (χ1v) is 11.1. The van der Waals surface area contributed by atoms with Crippen molar-refractivity contribution in [2.45, 2.75) is 39.2 Å². The van der Waals surface area contributed by atoms with Crippen molar-refractivity contribution in [3.8, 4) is 10.6 Å². The fraction of sp³-hybridized carbons (Fsp3) is 0.348. The number of aryl methyl sites for hydroxylation is 2.